The fourth-order valence-electron chi connectivity index (χ4n) is 3.77. The van der Waals surface area contributed by atoms with E-state index in [1.807, 2.05) is 29.5 Å². The summed E-state index contributed by atoms with van der Waals surface area (Å²) in [5, 5.41) is 9.42. The van der Waals surface area contributed by atoms with Gasteiger partial charge in [-0.25, -0.2) is 9.97 Å². The largest absolute Gasteiger partial charge is 0.381 e. The third-order valence-electron chi connectivity index (χ3n) is 5.17. The molecule has 8 heteroatoms. The SMILES string of the molecule is Cc1nc2cccnc2n2c(C3=CC(OC4CCOCC4)CC=C3Cl)nnc12. The van der Waals surface area contributed by atoms with Crippen LogP contribution in [0.2, 0.25) is 0 Å². The molecule has 7 nitrogen and oxygen atoms in total. The van der Waals surface area contributed by atoms with Gasteiger partial charge in [0.05, 0.1) is 17.9 Å². The first kappa shape index (κ1) is 17.7. The molecule has 28 heavy (non-hydrogen) atoms. The first-order valence-electron chi connectivity index (χ1n) is 9.48. The minimum atomic E-state index is -0.0462. The van der Waals surface area contributed by atoms with Crippen LogP contribution in [-0.2, 0) is 9.47 Å². The predicted octanol–water partition coefficient (Wildman–Crippen LogP) is 3.45. The Balaban J connectivity index is 1.58. The smallest absolute Gasteiger partial charge is 0.184 e. The Kier molecular flexibility index (Phi) is 4.58. The molecule has 0 N–H and O–H groups in total. The summed E-state index contributed by atoms with van der Waals surface area (Å²) in [5.41, 5.74) is 3.79. The zero-order valence-corrected chi connectivity index (χ0v) is 16.3. The van der Waals surface area contributed by atoms with E-state index in [0.29, 0.717) is 22.2 Å². The fourth-order valence-corrected chi connectivity index (χ4v) is 4.01. The van der Waals surface area contributed by atoms with Gasteiger partial charge in [0.15, 0.2) is 17.1 Å². The van der Waals surface area contributed by atoms with E-state index < -0.39 is 0 Å². The van der Waals surface area contributed by atoms with Gasteiger partial charge in [-0.1, -0.05) is 17.7 Å². The molecule has 1 atom stereocenters. The molecule has 1 aliphatic heterocycles. The average molecular weight is 398 g/mol. The van der Waals surface area contributed by atoms with Crippen molar-refractivity contribution in [1.82, 2.24) is 24.6 Å². The van der Waals surface area contributed by atoms with E-state index in [0.717, 1.165) is 49.3 Å². The average Bonchev–Trinajstić information content (AvgIpc) is 3.16. The van der Waals surface area contributed by atoms with Crippen LogP contribution in [0.1, 0.15) is 30.8 Å². The van der Waals surface area contributed by atoms with Gasteiger partial charge in [-0.3, -0.25) is 4.40 Å². The van der Waals surface area contributed by atoms with Gasteiger partial charge in [0.25, 0.3) is 0 Å². The summed E-state index contributed by atoms with van der Waals surface area (Å²) in [6.07, 6.45) is 8.54. The summed E-state index contributed by atoms with van der Waals surface area (Å²) in [7, 11) is 0. The lowest BCUT2D eigenvalue weighted by molar-refractivity contribution is -0.0524. The van der Waals surface area contributed by atoms with Crippen LogP contribution in [0.5, 0.6) is 0 Å². The Labute approximate surface area is 167 Å². The third kappa shape index (κ3) is 3.09. The number of aryl methyl sites for hydroxylation is 1. The summed E-state index contributed by atoms with van der Waals surface area (Å²) in [6, 6.07) is 3.80. The highest BCUT2D eigenvalue weighted by molar-refractivity contribution is 6.37. The number of nitrogens with zero attached hydrogens (tertiary/aromatic N) is 5. The van der Waals surface area contributed by atoms with Crippen LogP contribution in [0.3, 0.4) is 0 Å². The first-order valence-corrected chi connectivity index (χ1v) is 9.86. The Morgan fingerprint density at radius 3 is 2.93 bits per heavy atom. The Hall–Kier alpha value is -2.35. The van der Waals surface area contributed by atoms with Crippen LogP contribution in [-0.4, -0.2) is 50.0 Å². The van der Waals surface area contributed by atoms with Crippen LogP contribution in [0.15, 0.2) is 35.5 Å². The van der Waals surface area contributed by atoms with E-state index in [9.17, 15) is 0 Å². The Morgan fingerprint density at radius 2 is 2.07 bits per heavy atom. The van der Waals surface area contributed by atoms with E-state index >= 15 is 0 Å². The minimum absolute atomic E-state index is 0.0462. The maximum atomic E-state index is 6.57. The lowest BCUT2D eigenvalue weighted by atomic mass is 10.0. The molecule has 0 radical (unpaired) electrons. The second kappa shape index (κ2) is 7.24. The van der Waals surface area contributed by atoms with Gasteiger partial charge < -0.3 is 9.47 Å². The number of hydrogen-bond donors (Lipinski definition) is 0. The molecule has 1 unspecified atom stereocenters. The van der Waals surface area contributed by atoms with E-state index in [4.69, 9.17) is 21.1 Å². The number of halogens is 1. The van der Waals surface area contributed by atoms with Crippen LogP contribution >= 0.6 is 11.6 Å². The molecule has 4 heterocycles. The van der Waals surface area contributed by atoms with Gasteiger partial charge in [-0.2, -0.15) is 0 Å². The topological polar surface area (TPSA) is 74.4 Å². The molecule has 3 aromatic heterocycles. The monoisotopic (exact) mass is 397 g/mol. The van der Waals surface area contributed by atoms with Crippen molar-refractivity contribution < 1.29 is 9.47 Å². The second-order valence-electron chi connectivity index (χ2n) is 7.08. The predicted molar refractivity (Wildman–Crippen MR) is 106 cm³/mol. The van der Waals surface area contributed by atoms with Gasteiger partial charge in [-0.05, 0) is 44.4 Å². The van der Waals surface area contributed by atoms with Crippen LogP contribution in [0.4, 0.5) is 0 Å². The van der Waals surface area contributed by atoms with Crippen molar-refractivity contribution in [2.24, 2.45) is 0 Å². The summed E-state index contributed by atoms with van der Waals surface area (Å²) < 4.78 is 13.6. The molecule has 0 spiro atoms. The normalized spacial score (nSPS) is 21.1. The van der Waals surface area contributed by atoms with Crippen molar-refractivity contribution in [2.75, 3.05) is 13.2 Å². The van der Waals surface area contributed by atoms with Gasteiger partial charge in [0.2, 0.25) is 0 Å². The molecular formula is C20H20ClN5O2. The van der Waals surface area contributed by atoms with Gasteiger partial charge in [0, 0.05) is 30.0 Å². The van der Waals surface area contributed by atoms with Crippen molar-refractivity contribution in [2.45, 2.75) is 38.4 Å². The number of allylic oxidation sites excluding steroid dienone is 2. The van der Waals surface area contributed by atoms with Crippen molar-refractivity contribution in [3.8, 4) is 0 Å². The molecular weight excluding hydrogens is 378 g/mol. The molecule has 5 rings (SSSR count). The second-order valence-corrected chi connectivity index (χ2v) is 7.49. The molecule has 1 fully saturated rings. The van der Waals surface area contributed by atoms with Crippen molar-refractivity contribution in [1.29, 1.82) is 0 Å². The maximum absolute atomic E-state index is 6.57. The van der Waals surface area contributed by atoms with Crippen LogP contribution < -0.4 is 0 Å². The molecule has 144 valence electrons. The summed E-state index contributed by atoms with van der Waals surface area (Å²) >= 11 is 6.57. The van der Waals surface area contributed by atoms with E-state index in [1.54, 1.807) is 6.20 Å². The minimum Gasteiger partial charge on any atom is -0.381 e. The highest BCUT2D eigenvalue weighted by Gasteiger charge is 2.25. The molecule has 2 aliphatic rings. The summed E-state index contributed by atoms with van der Waals surface area (Å²) in [4.78, 5) is 9.09. The quantitative estimate of drug-likeness (QED) is 0.673. The van der Waals surface area contributed by atoms with Gasteiger partial charge in [-0.15, -0.1) is 10.2 Å². The van der Waals surface area contributed by atoms with Crippen molar-refractivity contribution in [3.05, 3.63) is 47.0 Å². The summed E-state index contributed by atoms with van der Waals surface area (Å²) in [6.45, 7) is 3.43. The molecule has 1 saturated heterocycles. The number of ether oxygens (including phenoxy) is 2. The zero-order chi connectivity index (χ0) is 19.1. The molecule has 1 aliphatic carbocycles. The molecule has 0 aromatic carbocycles. The van der Waals surface area contributed by atoms with Crippen LogP contribution in [0, 0.1) is 6.92 Å². The van der Waals surface area contributed by atoms with Crippen molar-refractivity contribution in [3.63, 3.8) is 0 Å². The summed E-state index contributed by atoms with van der Waals surface area (Å²) in [5.74, 6) is 0.658. The lowest BCUT2D eigenvalue weighted by Crippen LogP contribution is -2.28. The molecule has 0 saturated carbocycles. The molecule has 3 aromatic rings. The standard InChI is InChI=1S/C20H20ClN5O2/c1-12-18-24-25-19(26(18)20-17(23-12)3-2-8-22-20)15-11-14(4-5-16(15)21)28-13-6-9-27-10-7-13/h2-3,5,8,11,13-14H,4,6-7,9-10H2,1H3. The highest BCUT2D eigenvalue weighted by atomic mass is 35.5. The lowest BCUT2D eigenvalue weighted by Gasteiger charge is -2.27. The van der Waals surface area contributed by atoms with E-state index in [-0.39, 0.29) is 12.2 Å². The first-order chi connectivity index (χ1) is 13.7. The third-order valence-corrected chi connectivity index (χ3v) is 5.53. The zero-order valence-electron chi connectivity index (χ0n) is 15.5. The van der Waals surface area contributed by atoms with Crippen LogP contribution in [0.25, 0.3) is 22.4 Å². The van der Waals surface area contributed by atoms with E-state index in [1.165, 1.54) is 0 Å². The highest BCUT2D eigenvalue weighted by Crippen LogP contribution is 2.33. The number of fused-ring (bicyclic) bond motifs is 3. The van der Waals surface area contributed by atoms with Crippen molar-refractivity contribution >= 4 is 34.0 Å². The number of pyridine rings is 1. The van der Waals surface area contributed by atoms with E-state index in [2.05, 4.69) is 26.2 Å². The maximum Gasteiger partial charge on any atom is 0.184 e. The number of hydrogen-bond acceptors (Lipinski definition) is 6. The van der Waals surface area contributed by atoms with Gasteiger partial charge in [0.1, 0.15) is 5.52 Å². The number of aromatic nitrogens is 5. The molecule has 0 bridgehead atoms. The Morgan fingerprint density at radius 1 is 1.21 bits per heavy atom. The fraction of sp³-hybridized carbons (Fsp3) is 0.400. The number of rotatable bonds is 3. The Bertz CT molecular complexity index is 1100. The molecule has 0 amide bonds. The van der Waals surface area contributed by atoms with Gasteiger partial charge >= 0.3 is 0 Å².